The van der Waals surface area contributed by atoms with E-state index >= 15 is 0 Å². The number of aliphatic hydroxyl groups is 2. The second-order valence-electron chi connectivity index (χ2n) is 5.52. The molecule has 6 nitrogen and oxygen atoms in total. The molecule has 1 saturated heterocycles. The van der Waals surface area contributed by atoms with Gasteiger partial charge in [0.25, 0.3) is 0 Å². The van der Waals surface area contributed by atoms with E-state index in [4.69, 9.17) is 9.47 Å². The number of hydrogen-bond acceptors (Lipinski definition) is 6. The van der Waals surface area contributed by atoms with Crippen LogP contribution in [0.5, 0.6) is 0 Å². The molecule has 0 bridgehead atoms. The van der Waals surface area contributed by atoms with Crippen molar-refractivity contribution in [2.45, 2.75) is 43.0 Å². The second-order valence-corrected chi connectivity index (χ2v) is 5.52. The third-order valence-electron chi connectivity index (χ3n) is 4.05. The number of carbonyl (C=O) groups excluding carboxylic acids is 1. The van der Waals surface area contributed by atoms with Crippen LogP contribution in [0.1, 0.15) is 24.7 Å². The molecule has 0 spiro atoms. The molecule has 6 heteroatoms. The van der Waals surface area contributed by atoms with Crippen LogP contribution < -0.4 is 0 Å². The highest BCUT2D eigenvalue weighted by molar-refractivity contribution is 5.79. The Morgan fingerprint density at radius 1 is 1.29 bits per heavy atom. The number of ether oxygens (including phenoxy) is 3. The van der Waals surface area contributed by atoms with Gasteiger partial charge in [-0.2, -0.15) is 0 Å². The number of benzene rings is 1. The topological polar surface area (TPSA) is 85.2 Å². The first kappa shape index (κ1) is 14.5. The zero-order valence-electron chi connectivity index (χ0n) is 11.6. The minimum Gasteiger partial charge on any atom is -0.467 e. The second kappa shape index (κ2) is 5.38. The number of carbonyl (C=O) groups is 1. The molecule has 5 atom stereocenters. The minimum absolute atomic E-state index is 0.0464. The number of hydrogen-bond donors (Lipinski definition) is 2. The van der Waals surface area contributed by atoms with E-state index in [2.05, 4.69) is 4.74 Å². The standard InChI is InChI=1S/C15H18O6/c1-19-14(17)15(18)7-10(16)12-11(8-15)20-13(21-12)9-5-3-2-4-6-9/h2-6,10-13,16,18H,7-8H2,1H3/t10-,11-,12+,13?,15-/m1/s1. The lowest BCUT2D eigenvalue weighted by Gasteiger charge is -2.37. The molecular formula is C15H18O6. The van der Waals surface area contributed by atoms with Gasteiger partial charge in [0.1, 0.15) is 6.10 Å². The third kappa shape index (κ3) is 2.55. The monoisotopic (exact) mass is 294 g/mol. The molecule has 1 saturated carbocycles. The summed E-state index contributed by atoms with van der Waals surface area (Å²) in [6.45, 7) is 0. The summed E-state index contributed by atoms with van der Waals surface area (Å²) in [5.41, 5.74) is -0.898. The maximum atomic E-state index is 11.7. The highest BCUT2D eigenvalue weighted by Gasteiger charge is 2.54. The summed E-state index contributed by atoms with van der Waals surface area (Å²) in [5.74, 6) is -0.758. The number of rotatable bonds is 2. The zero-order chi connectivity index (χ0) is 15.0. The average Bonchev–Trinajstić information content (AvgIpc) is 2.91. The molecule has 1 aromatic carbocycles. The largest absolute Gasteiger partial charge is 0.467 e. The molecule has 1 aromatic rings. The van der Waals surface area contributed by atoms with E-state index in [1.165, 1.54) is 7.11 Å². The molecule has 2 aliphatic rings. The summed E-state index contributed by atoms with van der Waals surface area (Å²) in [5, 5.41) is 20.5. The van der Waals surface area contributed by atoms with Crippen LogP contribution in [0.4, 0.5) is 0 Å². The van der Waals surface area contributed by atoms with Gasteiger partial charge in [-0.15, -0.1) is 0 Å². The Morgan fingerprint density at radius 3 is 2.67 bits per heavy atom. The summed E-state index contributed by atoms with van der Waals surface area (Å²) < 4.78 is 16.1. The fraction of sp³-hybridized carbons (Fsp3) is 0.533. The molecular weight excluding hydrogens is 276 g/mol. The fourth-order valence-electron chi connectivity index (χ4n) is 3.00. The Balaban J connectivity index is 1.78. The summed E-state index contributed by atoms with van der Waals surface area (Å²) in [7, 11) is 1.21. The quantitative estimate of drug-likeness (QED) is 0.774. The van der Waals surface area contributed by atoms with E-state index in [9.17, 15) is 15.0 Å². The lowest BCUT2D eigenvalue weighted by atomic mass is 9.80. The van der Waals surface area contributed by atoms with Gasteiger partial charge in [-0.05, 0) is 0 Å². The molecule has 114 valence electrons. The molecule has 0 radical (unpaired) electrons. The van der Waals surface area contributed by atoms with Crippen molar-refractivity contribution in [3.63, 3.8) is 0 Å². The molecule has 1 heterocycles. The molecule has 3 rings (SSSR count). The summed E-state index contributed by atoms with van der Waals surface area (Å²) in [6, 6.07) is 9.34. The van der Waals surface area contributed by atoms with Crippen molar-refractivity contribution in [2.75, 3.05) is 7.11 Å². The van der Waals surface area contributed by atoms with Gasteiger partial charge in [0.2, 0.25) is 0 Å². The molecule has 2 N–H and O–H groups in total. The van der Waals surface area contributed by atoms with Crippen LogP contribution in [0.15, 0.2) is 30.3 Å². The van der Waals surface area contributed by atoms with E-state index < -0.39 is 36.2 Å². The highest BCUT2D eigenvalue weighted by Crippen LogP contribution is 2.42. The van der Waals surface area contributed by atoms with Crippen molar-refractivity contribution >= 4 is 5.97 Å². The lowest BCUT2D eigenvalue weighted by Crippen LogP contribution is -2.55. The third-order valence-corrected chi connectivity index (χ3v) is 4.05. The molecule has 1 aliphatic heterocycles. The van der Waals surface area contributed by atoms with Crippen LogP contribution in [-0.4, -0.2) is 47.2 Å². The first-order valence-corrected chi connectivity index (χ1v) is 6.88. The van der Waals surface area contributed by atoms with Gasteiger partial charge < -0.3 is 24.4 Å². The minimum atomic E-state index is -1.73. The van der Waals surface area contributed by atoms with Crippen molar-refractivity contribution in [3.05, 3.63) is 35.9 Å². The Morgan fingerprint density at radius 2 is 2.00 bits per heavy atom. The van der Waals surface area contributed by atoms with E-state index in [-0.39, 0.29) is 12.8 Å². The van der Waals surface area contributed by atoms with Crippen LogP contribution in [0.25, 0.3) is 0 Å². The highest BCUT2D eigenvalue weighted by atomic mass is 16.7. The van der Waals surface area contributed by atoms with E-state index in [0.29, 0.717) is 0 Å². The van der Waals surface area contributed by atoms with Gasteiger partial charge in [0.15, 0.2) is 11.9 Å². The molecule has 2 fully saturated rings. The number of esters is 1. The van der Waals surface area contributed by atoms with Gasteiger partial charge in [-0.3, -0.25) is 0 Å². The molecule has 0 amide bonds. The average molecular weight is 294 g/mol. The smallest absolute Gasteiger partial charge is 0.338 e. The predicted molar refractivity (Wildman–Crippen MR) is 71.1 cm³/mol. The van der Waals surface area contributed by atoms with Crippen molar-refractivity contribution in [1.29, 1.82) is 0 Å². The van der Waals surface area contributed by atoms with Crippen molar-refractivity contribution in [3.8, 4) is 0 Å². The van der Waals surface area contributed by atoms with Crippen molar-refractivity contribution in [1.82, 2.24) is 0 Å². The Bertz CT molecular complexity index is 518. The maximum absolute atomic E-state index is 11.7. The zero-order valence-corrected chi connectivity index (χ0v) is 11.6. The van der Waals surface area contributed by atoms with Gasteiger partial charge in [0, 0.05) is 18.4 Å². The SMILES string of the molecule is COC(=O)[C@@]1(O)C[C@@H](O)[C@@H]2OC(c3ccccc3)O[C@@H]2C1. The van der Waals surface area contributed by atoms with Crippen LogP contribution in [-0.2, 0) is 19.0 Å². The summed E-state index contributed by atoms with van der Waals surface area (Å²) in [4.78, 5) is 11.7. The maximum Gasteiger partial charge on any atom is 0.338 e. The summed E-state index contributed by atoms with van der Waals surface area (Å²) in [6.07, 6.45) is -2.77. The first-order valence-electron chi connectivity index (χ1n) is 6.88. The Hall–Kier alpha value is -1.47. The summed E-state index contributed by atoms with van der Waals surface area (Å²) >= 11 is 0. The molecule has 21 heavy (non-hydrogen) atoms. The van der Waals surface area contributed by atoms with Crippen molar-refractivity contribution < 1.29 is 29.2 Å². The molecule has 1 unspecified atom stereocenters. The lowest BCUT2D eigenvalue weighted by molar-refractivity contribution is -0.179. The fourth-order valence-corrected chi connectivity index (χ4v) is 3.00. The van der Waals surface area contributed by atoms with Crippen LogP contribution >= 0.6 is 0 Å². The van der Waals surface area contributed by atoms with E-state index in [0.717, 1.165) is 5.56 Å². The van der Waals surface area contributed by atoms with Crippen LogP contribution in [0.3, 0.4) is 0 Å². The number of aliphatic hydroxyl groups excluding tert-OH is 1. The van der Waals surface area contributed by atoms with Gasteiger partial charge >= 0.3 is 5.97 Å². The van der Waals surface area contributed by atoms with Gasteiger partial charge in [-0.25, -0.2) is 4.79 Å². The van der Waals surface area contributed by atoms with Crippen LogP contribution in [0.2, 0.25) is 0 Å². The number of methoxy groups -OCH3 is 1. The first-order chi connectivity index (χ1) is 10.0. The Kier molecular flexibility index (Phi) is 3.71. The van der Waals surface area contributed by atoms with Gasteiger partial charge in [-0.1, -0.05) is 30.3 Å². The van der Waals surface area contributed by atoms with Gasteiger partial charge in [0.05, 0.1) is 19.3 Å². The van der Waals surface area contributed by atoms with Crippen LogP contribution in [0, 0.1) is 0 Å². The van der Waals surface area contributed by atoms with E-state index in [1.54, 1.807) is 0 Å². The Labute approximate surface area is 122 Å². The molecule has 0 aromatic heterocycles. The normalized spacial score (nSPS) is 38.8. The predicted octanol–water partition coefficient (Wildman–Crippen LogP) is 0.528. The number of fused-ring (bicyclic) bond motifs is 1. The van der Waals surface area contributed by atoms with Crippen molar-refractivity contribution in [2.24, 2.45) is 0 Å². The molecule has 1 aliphatic carbocycles. The van der Waals surface area contributed by atoms with E-state index in [1.807, 2.05) is 30.3 Å².